The quantitative estimate of drug-likeness (QED) is 0.574. The second-order valence-electron chi connectivity index (χ2n) is 7.27. The van der Waals surface area contributed by atoms with E-state index in [9.17, 15) is 13.2 Å². The summed E-state index contributed by atoms with van der Waals surface area (Å²) in [6, 6.07) is 18.6. The van der Waals surface area contributed by atoms with Crippen molar-refractivity contribution in [1.82, 2.24) is 4.98 Å². The molecule has 0 radical (unpaired) electrons. The number of anilines is 1. The van der Waals surface area contributed by atoms with E-state index in [0.29, 0.717) is 13.1 Å². The van der Waals surface area contributed by atoms with Crippen LogP contribution in [-0.4, -0.2) is 24.2 Å². The molecule has 0 spiro atoms. The van der Waals surface area contributed by atoms with Crippen molar-refractivity contribution in [3.05, 3.63) is 78.0 Å². The molecule has 0 aliphatic carbocycles. The topological polar surface area (TPSA) is 51.4 Å². The fourth-order valence-corrected chi connectivity index (χ4v) is 3.70. The molecule has 1 aliphatic rings. The molecule has 3 aromatic rings. The Hall–Kier alpha value is -2.77. The maximum atomic E-state index is 12.7. The summed E-state index contributed by atoms with van der Waals surface area (Å²) in [6.07, 6.45) is -2.99. The van der Waals surface area contributed by atoms with Gasteiger partial charge < -0.3 is 15.4 Å². The highest BCUT2D eigenvalue weighted by Crippen LogP contribution is 2.32. The van der Waals surface area contributed by atoms with Crippen molar-refractivity contribution in [3.63, 3.8) is 0 Å². The third-order valence-electron chi connectivity index (χ3n) is 5.24. The third kappa shape index (κ3) is 5.29. The van der Waals surface area contributed by atoms with Crippen molar-refractivity contribution >= 4 is 18.1 Å². The van der Waals surface area contributed by atoms with Crippen LogP contribution in [0.25, 0.3) is 11.1 Å². The van der Waals surface area contributed by atoms with Gasteiger partial charge in [-0.05, 0) is 34.9 Å². The minimum Gasteiger partial charge on any atom is -0.472 e. The first-order valence-electron chi connectivity index (χ1n) is 9.77. The van der Waals surface area contributed by atoms with Crippen LogP contribution in [0, 0.1) is 0 Å². The van der Waals surface area contributed by atoms with E-state index in [1.165, 1.54) is 6.07 Å². The largest absolute Gasteiger partial charge is 0.472 e. The van der Waals surface area contributed by atoms with Crippen molar-refractivity contribution < 1.29 is 17.9 Å². The number of aromatic nitrogens is 1. The van der Waals surface area contributed by atoms with Crippen LogP contribution in [0.1, 0.15) is 17.5 Å². The van der Waals surface area contributed by atoms with Gasteiger partial charge in [0.2, 0.25) is 5.88 Å². The predicted molar refractivity (Wildman–Crippen MR) is 118 cm³/mol. The number of nitrogens with zero attached hydrogens (tertiary/aromatic N) is 2. The maximum Gasteiger partial charge on any atom is 0.417 e. The Balaban J connectivity index is 0.00000272. The molecule has 2 aromatic carbocycles. The molecule has 0 saturated carbocycles. The molecule has 2 heterocycles. The predicted octanol–water partition coefficient (Wildman–Crippen LogP) is 5.31. The molecule has 4 nitrogen and oxygen atoms in total. The minimum absolute atomic E-state index is 0. The van der Waals surface area contributed by atoms with Gasteiger partial charge in [-0.3, -0.25) is 0 Å². The van der Waals surface area contributed by atoms with Gasteiger partial charge in [0, 0.05) is 37.5 Å². The molecular formula is C23H23ClF3N3O. The summed E-state index contributed by atoms with van der Waals surface area (Å²) in [7, 11) is 0. The molecule has 31 heavy (non-hydrogen) atoms. The molecule has 164 valence electrons. The zero-order chi connectivity index (χ0) is 21.1. The van der Waals surface area contributed by atoms with Crippen LogP contribution in [0.3, 0.4) is 0 Å². The van der Waals surface area contributed by atoms with Crippen LogP contribution >= 0.6 is 12.4 Å². The summed E-state index contributed by atoms with van der Waals surface area (Å²) < 4.78 is 43.8. The first-order chi connectivity index (χ1) is 14.4. The van der Waals surface area contributed by atoms with Crippen LogP contribution in [0.5, 0.6) is 5.88 Å². The highest BCUT2D eigenvalue weighted by Gasteiger charge is 2.31. The Kier molecular flexibility index (Phi) is 7.08. The first-order valence-corrected chi connectivity index (χ1v) is 9.77. The van der Waals surface area contributed by atoms with Crippen molar-refractivity contribution in [2.24, 2.45) is 5.73 Å². The molecule has 1 saturated heterocycles. The average Bonchev–Trinajstić information content (AvgIpc) is 3.22. The molecule has 0 bridgehead atoms. The minimum atomic E-state index is -4.40. The molecular weight excluding hydrogens is 427 g/mol. The summed E-state index contributed by atoms with van der Waals surface area (Å²) in [5.41, 5.74) is 9.58. The number of ether oxygens (including phenoxy) is 1. The van der Waals surface area contributed by atoms with Gasteiger partial charge in [-0.25, -0.2) is 4.98 Å². The van der Waals surface area contributed by atoms with E-state index in [-0.39, 0.29) is 24.4 Å². The fourth-order valence-electron chi connectivity index (χ4n) is 3.70. The first kappa shape index (κ1) is 22.9. The number of benzene rings is 2. The number of halogens is 4. The highest BCUT2D eigenvalue weighted by atomic mass is 35.5. The monoisotopic (exact) mass is 449 g/mol. The van der Waals surface area contributed by atoms with Crippen molar-refractivity contribution in [2.45, 2.75) is 25.2 Å². The fraction of sp³-hybridized carbons (Fsp3) is 0.261. The van der Waals surface area contributed by atoms with E-state index in [0.717, 1.165) is 47.6 Å². The van der Waals surface area contributed by atoms with Gasteiger partial charge >= 0.3 is 6.18 Å². The number of rotatable bonds is 5. The summed E-state index contributed by atoms with van der Waals surface area (Å²) in [5.74, 6) is 0.202. The van der Waals surface area contributed by atoms with Crippen LogP contribution in [-0.2, 0) is 12.7 Å². The van der Waals surface area contributed by atoms with E-state index >= 15 is 0 Å². The Labute approximate surface area is 185 Å². The zero-order valence-corrected chi connectivity index (χ0v) is 17.5. The highest BCUT2D eigenvalue weighted by molar-refractivity contribution is 5.85. The number of nitrogens with two attached hydrogens (primary N) is 1. The molecule has 1 unspecified atom stereocenters. The molecule has 2 N–H and O–H groups in total. The Morgan fingerprint density at radius 1 is 1.03 bits per heavy atom. The second-order valence-corrected chi connectivity index (χ2v) is 7.27. The maximum absolute atomic E-state index is 12.7. The van der Waals surface area contributed by atoms with Crippen molar-refractivity contribution in [2.75, 3.05) is 18.0 Å². The SMILES string of the molecule is Cl.NCc1cc(-c2ccccc2)ccc1N1CCC(Oc2ccc(C(F)(F)F)cn2)C1. The Morgan fingerprint density at radius 3 is 2.45 bits per heavy atom. The Bertz CT molecular complexity index is 997. The van der Waals surface area contributed by atoms with Gasteiger partial charge in [0.1, 0.15) is 6.10 Å². The van der Waals surface area contributed by atoms with Gasteiger partial charge in [-0.2, -0.15) is 13.2 Å². The summed E-state index contributed by atoms with van der Waals surface area (Å²) in [6.45, 7) is 1.82. The number of hydrogen-bond donors (Lipinski definition) is 1. The number of alkyl halides is 3. The average molecular weight is 450 g/mol. The lowest BCUT2D eigenvalue weighted by atomic mass is 10.0. The smallest absolute Gasteiger partial charge is 0.417 e. The summed E-state index contributed by atoms with van der Waals surface area (Å²) in [4.78, 5) is 6.00. The van der Waals surface area contributed by atoms with Crippen LogP contribution < -0.4 is 15.4 Å². The molecule has 0 amide bonds. The lowest BCUT2D eigenvalue weighted by Crippen LogP contribution is -2.26. The van der Waals surface area contributed by atoms with Gasteiger partial charge in [-0.15, -0.1) is 12.4 Å². The zero-order valence-electron chi connectivity index (χ0n) is 16.7. The molecule has 4 rings (SSSR count). The van der Waals surface area contributed by atoms with Gasteiger partial charge in [0.05, 0.1) is 12.1 Å². The summed E-state index contributed by atoms with van der Waals surface area (Å²) >= 11 is 0. The van der Waals surface area contributed by atoms with E-state index in [4.69, 9.17) is 10.5 Å². The van der Waals surface area contributed by atoms with E-state index in [1.54, 1.807) is 0 Å². The Morgan fingerprint density at radius 2 is 1.81 bits per heavy atom. The lowest BCUT2D eigenvalue weighted by Gasteiger charge is -2.22. The van der Waals surface area contributed by atoms with Crippen LogP contribution in [0.4, 0.5) is 18.9 Å². The van der Waals surface area contributed by atoms with Gasteiger partial charge in [0.25, 0.3) is 0 Å². The molecule has 8 heteroatoms. The summed E-state index contributed by atoms with van der Waals surface area (Å²) in [5, 5.41) is 0. The van der Waals surface area contributed by atoms with E-state index in [2.05, 4.69) is 40.2 Å². The van der Waals surface area contributed by atoms with E-state index in [1.807, 2.05) is 18.2 Å². The second kappa shape index (κ2) is 9.58. The molecule has 1 aromatic heterocycles. The van der Waals surface area contributed by atoms with E-state index < -0.39 is 11.7 Å². The van der Waals surface area contributed by atoms with Crippen molar-refractivity contribution in [3.8, 4) is 17.0 Å². The standard InChI is InChI=1S/C23H22F3N3O.ClH/c24-23(25,26)19-7-9-22(28-14-19)30-20-10-11-29(15-20)21-8-6-17(12-18(21)13-27)16-4-2-1-3-5-16;/h1-9,12,14,20H,10-11,13,15,27H2;1H. The number of pyridine rings is 1. The van der Waals surface area contributed by atoms with Crippen molar-refractivity contribution in [1.29, 1.82) is 0 Å². The third-order valence-corrected chi connectivity index (χ3v) is 5.24. The van der Waals surface area contributed by atoms with Crippen LogP contribution in [0.15, 0.2) is 66.9 Å². The molecule has 1 fully saturated rings. The van der Waals surface area contributed by atoms with Crippen LogP contribution in [0.2, 0.25) is 0 Å². The molecule has 1 atom stereocenters. The van der Waals surface area contributed by atoms with Gasteiger partial charge in [-0.1, -0.05) is 36.4 Å². The normalized spacial score (nSPS) is 16.1. The molecule has 1 aliphatic heterocycles. The van der Waals surface area contributed by atoms with Gasteiger partial charge in [0.15, 0.2) is 0 Å². The lowest BCUT2D eigenvalue weighted by molar-refractivity contribution is -0.137. The number of hydrogen-bond acceptors (Lipinski definition) is 4.